The molecule has 0 rings (SSSR count). The molecule has 0 aliphatic heterocycles. The second-order valence-corrected chi connectivity index (χ2v) is 6.64. The maximum absolute atomic E-state index is 2.38. The Morgan fingerprint density at radius 2 is 1.75 bits per heavy atom. The predicted octanol–water partition coefficient (Wildman–Crippen LogP) is 2.74. The summed E-state index contributed by atoms with van der Waals surface area (Å²) in [5.41, 5.74) is 0. The van der Waals surface area contributed by atoms with E-state index in [-0.39, 0.29) is 20.4 Å². The van der Waals surface area contributed by atoms with Gasteiger partial charge >= 0.3 is 20.4 Å². The molecule has 0 aliphatic rings. The molecule has 0 nitrogen and oxygen atoms in total. The molecule has 0 spiro atoms. The quantitative estimate of drug-likeness (QED) is 0.508. The maximum atomic E-state index is 2.38. The lowest BCUT2D eigenvalue weighted by molar-refractivity contribution is 0.845. The van der Waals surface area contributed by atoms with Gasteiger partial charge in [-0.2, -0.15) is 0 Å². The van der Waals surface area contributed by atoms with Crippen LogP contribution in [0.5, 0.6) is 0 Å². The van der Waals surface area contributed by atoms with Crippen LogP contribution in [-0.4, -0.2) is 20.4 Å². The van der Waals surface area contributed by atoms with Crippen LogP contribution in [0.3, 0.4) is 0 Å². The third-order valence-corrected chi connectivity index (χ3v) is 3.90. The van der Waals surface area contributed by atoms with Crippen molar-refractivity contribution in [2.24, 2.45) is 0 Å². The average Bonchev–Trinajstić information content (AvgIpc) is 1.65. The standard InChI is InChI=1S/C4H9.C3H7.Mg/c1-3-4-2;1-3-2;/h3H,4H2,1-2H3;3H,1-2H3;. The van der Waals surface area contributed by atoms with Crippen molar-refractivity contribution in [3.63, 3.8) is 0 Å². The summed E-state index contributed by atoms with van der Waals surface area (Å²) >= 11 is 0.270. The normalized spacial score (nSPS) is 13.6. The van der Waals surface area contributed by atoms with E-state index >= 15 is 0 Å². The summed E-state index contributed by atoms with van der Waals surface area (Å²) in [4.78, 5) is 0. The Morgan fingerprint density at radius 3 is 1.88 bits per heavy atom. The van der Waals surface area contributed by atoms with Gasteiger partial charge in [0.15, 0.2) is 0 Å². The highest BCUT2D eigenvalue weighted by molar-refractivity contribution is 6.39. The molecule has 0 saturated heterocycles. The SMILES string of the molecule is CC[CH](C)[Mg][CH](C)C. The van der Waals surface area contributed by atoms with E-state index in [9.17, 15) is 0 Å². The van der Waals surface area contributed by atoms with Gasteiger partial charge in [-0.15, -0.1) is 8.09 Å². The Bertz CT molecular complexity index is 50.3. The molecular weight excluding hydrogens is 108 g/mol. The van der Waals surface area contributed by atoms with Crippen molar-refractivity contribution < 1.29 is 0 Å². The molecule has 46 valence electrons. The van der Waals surface area contributed by atoms with Crippen LogP contribution in [0.15, 0.2) is 0 Å². The fourth-order valence-electron chi connectivity index (χ4n) is 0.971. The lowest BCUT2D eigenvalue weighted by Gasteiger charge is -2.06. The van der Waals surface area contributed by atoms with Gasteiger partial charge in [0.05, 0.1) is 0 Å². The molecule has 1 unspecified atom stereocenters. The van der Waals surface area contributed by atoms with E-state index in [1.165, 1.54) is 6.42 Å². The zero-order chi connectivity index (χ0) is 6.57. The van der Waals surface area contributed by atoms with Crippen LogP contribution in [0, 0.1) is 0 Å². The van der Waals surface area contributed by atoms with Crippen molar-refractivity contribution in [3.8, 4) is 0 Å². The smallest absolute Gasteiger partial charge is 0.140 e. The first-order valence-corrected chi connectivity index (χ1v) is 5.30. The lowest BCUT2D eigenvalue weighted by Crippen LogP contribution is -2.01. The van der Waals surface area contributed by atoms with Crippen molar-refractivity contribution >= 4 is 20.4 Å². The highest BCUT2D eigenvalue weighted by atomic mass is 24.5. The molecular formula is C7H16Mg. The highest BCUT2D eigenvalue weighted by Gasteiger charge is 2.06. The van der Waals surface area contributed by atoms with Crippen LogP contribution >= 0.6 is 0 Å². The van der Waals surface area contributed by atoms with Crippen molar-refractivity contribution in [3.05, 3.63) is 0 Å². The first kappa shape index (κ1) is 8.77. The fraction of sp³-hybridized carbons (Fsp3) is 1.00. The molecule has 0 aromatic rings. The largest absolute Gasteiger partial charge is 0.372 e. The van der Waals surface area contributed by atoms with E-state index in [1.807, 2.05) is 0 Å². The highest BCUT2D eigenvalue weighted by Crippen LogP contribution is 2.13. The molecule has 0 aromatic heterocycles. The first-order valence-electron chi connectivity index (χ1n) is 3.66. The summed E-state index contributed by atoms with van der Waals surface area (Å²) in [5.74, 6) is 0. The predicted molar refractivity (Wildman–Crippen MR) is 40.6 cm³/mol. The molecule has 0 aromatic carbocycles. The van der Waals surface area contributed by atoms with Gasteiger partial charge in [-0.25, -0.2) is 0 Å². The van der Waals surface area contributed by atoms with Crippen LogP contribution < -0.4 is 0 Å². The van der Waals surface area contributed by atoms with Gasteiger partial charge in [0, 0.05) is 0 Å². The molecule has 0 N–H and O–H groups in total. The molecule has 0 amide bonds. The minimum atomic E-state index is 0.270. The second-order valence-electron chi connectivity index (χ2n) is 3.14. The number of hydrogen-bond acceptors (Lipinski definition) is 0. The molecule has 0 radical (unpaired) electrons. The molecule has 1 atom stereocenters. The van der Waals surface area contributed by atoms with Gasteiger partial charge in [-0.05, 0) is 0 Å². The minimum Gasteiger partial charge on any atom is -0.140 e. The Labute approximate surface area is 62.8 Å². The Balaban J connectivity index is 3.10. The van der Waals surface area contributed by atoms with Gasteiger partial charge in [0.1, 0.15) is 0 Å². The monoisotopic (exact) mass is 124 g/mol. The van der Waals surface area contributed by atoms with Crippen molar-refractivity contribution in [1.82, 2.24) is 0 Å². The van der Waals surface area contributed by atoms with Crippen molar-refractivity contribution in [1.29, 1.82) is 0 Å². The molecule has 0 fully saturated rings. The third-order valence-electron chi connectivity index (χ3n) is 1.57. The minimum absolute atomic E-state index is 0.270. The van der Waals surface area contributed by atoms with Crippen LogP contribution in [0.4, 0.5) is 0 Å². The topological polar surface area (TPSA) is 0 Å². The Morgan fingerprint density at radius 1 is 1.25 bits per heavy atom. The fourth-order valence-corrected chi connectivity index (χ4v) is 2.91. The van der Waals surface area contributed by atoms with Crippen LogP contribution in [0.2, 0.25) is 8.09 Å². The van der Waals surface area contributed by atoms with E-state index in [2.05, 4.69) is 27.7 Å². The van der Waals surface area contributed by atoms with E-state index in [0.717, 1.165) is 8.09 Å². The number of hydrogen-bond donors (Lipinski definition) is 0. The summed E-state index contributed by atoms with van der Waals surface area (Å²) in [6, 6.07) is 0. The van der Waals surface area contributed by atoms with Crippen LogP contribution in [0.25, 0.3) is 0 Å². The molecule has 8 heavy (non-hydrogen) atoms. The average molecular weight is 125 g/mol. The van der Waals surface area contributed by atoms with Crippen molar-refractivity contribution in [2.45, 2.75) is 42.2 Å². The van der Waals surface area contributed by atoms with Crippen molar-refractivity contribution in [2.75, 3.05) is 0 Å². The van der Waals surface area contributed by atoms with E-state index in [1.54, 1.807) is 0 Å². The summed E-state index contributed by atoms with van der Waals surface area (Å²) in [6.45, 7) is 9.36. The van der Waals surface area contributed by atoms with E-state index < -0.39 is 0 Å². The third kappa shape index (κ3) is 4.91. The van der Waals surface area contributed by atoms with Gasteiger partial charge in [-0.1, -0.05) is 34.1 Å². The maximum Gasteiger partial charge on any atom is 0.372 e. The number of rotatable bonds is 3. The molecule has 0 saturated carbocycles. The summed E-state index contributed by atoms with van der Waals surface area (Å²) in [5, 5.41) is 0. The van der Waals surface area contributed by atoms with Gasteiger partial charge in [-0.3, -0.25) is 0 Å². The zero-order valence-electron chi connectivity index (χ0n) is 6.57. The summed E-state index contributed by atoms with van der Waals surface area (Å²) in [7, 11) is 0. The zero-order valence-corrected chi connectivity index (χ0v) is 7.98. The van der Waals surface area contributed by atoms with E-state index in [4.69, 9.17) is 0 Å². The molecule has 0 bridgehead atoms. The van der Waals surface area contributed by atoms with Gasteiger partial charge in [0.2, 0.25) is 0 Å². The van der Waals surface area contributed by atoms with Gasteiger partial charge in [0.25, 0.3) is 0 Å². The second kappa shape index (κ2) is 4.63. The first-order chi connectivity index (χ1) is 3.66. The van der Waals surface area contributed by atoms with Crippen LogP contribution in [0.1, 0.15) is 34.1 Å². The summed E-state index contributed by atoms with van der Waals surface area (Å²) in [6.07, 6.45) is 1.39. The van der Waals surface area contributed by atoms with E-state index in [0.29, 0.717) is 0 Å². The molecule has 0 aliphatic carbocycles. The lowest BCUT2D eigenvalue weighted by atomic mass is 10.4. The molecule has 1 heteroatoms. The molecule has 0 heterocycles. The summed E-state index contributed by atoms with van der Waals surface area (Å²) < 4.78 is 2.08. The van der Waals surface area contributed by atoms with Gasteiger partial charge < -0.3 is 0 Å². The van der Waals surface area contributed by atoms with Crippen LogP contribution in [-0.2, 0) is 0 Å². The Hall–Kier alpha value is 0.766. The Kier molecular flexibility index (Phi) is 5.07.